The molecular weight excluding hydrogens is 168 g/mol. The molecule has 3 heteroatoms. The van der Waals surface area contributed by atoms with Crippen LogP contribution in [0.3, 0.4) is 0 Å². The van der Waals surface area contributed by atoms with Crippen LogP contribution in [0.15, 0.2) is 12.7 Å². The quantitative estimate of drug-likeness (QED) is 0.500. The highest BCUT2D eigenvalue weighted by Gasteiger charge is 2.28. The van der Waals surface area contributed by atoms with Crippen molar-refractivity contribution < 1.29 is 14.3 Å². The van der Waals surface area contributed by atoms with Crippen molar-refractivity contribution >= 4 is 6.16 Å². The maximum absolute atomic E-state index is 11.0. The van der Waals surface area contributed by atoms with Gasteiger partial charge in [-0.3, -0.25) is 0 Å². The van der Waals surface area contributed by atoms with Gasteiger partial charge in [-0.1, -0.05) is 13.0 Å². The molecule has 0 rings (SSSR count). The molecule has 0 saturated heterocycles. The normalized spacial score (nSPS) is 13.2. The van der Waals surface area contributed by atoms with Gasteiger partial charge in [0, 0.05) is 5.92 Å². The Morgan fingerprint density at radius 3 is 2.54 bits per heavy atom. The van der Waals surface area contributed by atoms with E-state index in [-0.39, 0.29) is 5.92 Å². The van der Waals surface area contributed by atoms with Crippen molar-refractivity contribution in [3.05, 3.63) is 12.7 Å². The first kappa shape index (κ1) is 12.0. The molecule has 0 aliphatic carbocycles. The Labute approximate surface area is 79.7 Å². The van der Waals surface area contributed by atoms with Gasteiger partial charge in [-0.05, 0) is 20.8 Å². The third-order valence-electron chi connectivity index (χ3n) is 2.06. The van der Waals surface area contributed by atoms with E-state index >= 15 is 0 Å². The van der Waals surface area contributed by atoms with Gasteiger partial charge in [-0.25, -0.2) is 4.79 Å². The van der Waals surface area contributed by atoms with Gasteiger partial charge in [0.1, 0.15) is 5.60 Å². The molecule has 0 aromatic carbocycles. The Balaban J connectivity index is 4.15. The number of hydrogen-bond donors (Lipinski definition) is 0. The first-order valence-corrected chi connectivity index (χ1v) is 4.42. The zero-order valence-corrected chi connectivity index (χ0v) is 8.79. The Morgan fingerprint density at radius 1 is 1.62 bits per heavy atom. The molecule has 0 N–H and O–H groups in total. The minimum Gasteiger partial charge on any atom is -0.435 e. The second-order valence-electron chi connectivity index (χ2n) is 3.41. The van der Waals surface area contributed by atoms with E-state index in [1.54, 1.807) is 13.0 Å². The molecule has 0 fully saturated rings. The molecule has 3 nitrogen and oxygen atoms in total. The van der Waals surface area contributed by atoms with Gasteiger partial charge >= 0.3 is 6.16 Å². The van der Waals surface area contributed by atoms with Gasteiger partial charge in [-0.15, -0.1) is 6.58 Å². The minimum absolute atomic E-state index is 0.0944. The molecule has 0 saturated carbocycles. The van der Waals surface area contributed by atoms with Crippen molar-refractivity contribution in [3.8, 4) is 0 Å². The summed E-state index contributed by atoms with van der Waals surface area (Å²) < 4.78 is 9.78. The van der Waals surface area contributed by atoms with Gasteiger partial charge in [-0.2, -0.15) is 0 Å². The number of carbonyl (C=O) groups is 1. The number of carbonyl (C=O) groups excluding carboxylic acids is 1. The average molecular weight is 186 g/mol. The zero-order valence-electron chi connectivity index (χ0n) is 8.79. The van der Waals surface area contributed by atoms with E-state index in [0.29, 0.717) is 6.61 Å². The first-order valence-electron chi connectivity index (χ1n) is 4.42. The predicted octanol–water partition coefficient (Wildman–Crippen LogP) is 2.76. The van der Waals surface area contributed by atoms with E-state index in [9.17, 15) is 4.79 Å². The van der Waals surface area contributed by atoms with Crippen LogP contribution in [0.25, 0.3) is 0 Å². The molecule has 13 heavy (non-hydrogen) atoms. The van der Waals surface area contributed by atoms with Crippen molar-refractivity contribution in [3.63, 3.8) is 0 Å². The molecule has 1 atom stereocenters. The highest BCUT2D eigenvalue weighted by Crippen LogP contribution is 2.22. The molecule has 76 valence electrons. The molecule has 0 aromatic heterocycles. The van der Waals surface area contributed by atoms with Gasteiger partial charge in [0.2, 0.25) is 0 Å². The average Bonchev–Trinajstić information content (AvgIpc) is 2.02. The molecule has 0 spiro atoms. The molecule has 0 radical (unpaired) electrons. The summed E-state index contributed by atoms with van der Waals surface area (Å²) in [6.07, 6.45) is 1.13. The molecule has 0 aliphatic heterocycles. The summed E-state index contributed by atoms with van der Waals surface area (Å²) in [5.41, 5.74) is -0.562. The summed E-state index contributed by atoms with van der Waals surface area (Å²) >= 11 is 0. The van der Waals surface area contributed by atoms with Crippen LogP contribution < -0.4 is 0 Å². The highest BCUT2D eigenvalue weighted by atomic mass is 16.7. The van der Waals surface area contributed by atoms with E-state index in [0.717, 1.165) is 0 Å². The molecule has 0 bridgehead atoms. The fourth-order valence-electron chi connectivity index (χ4n) is 0.739. The fourth-order valence-corrected chi connectivity index (χ4v) is 0.739. The molecule has 0 amide bonds. The second kappa shape index (κ2) is 4.90. The Hall–Kier alpha value is -0.990. The molecule has 0 aliphatic rings. The topological polar surface area (TPSA) is 35.5 Å². The van der Waals surface area contributed by atoms with Crippen LogP contribution in [0, 0.1) is 5.92 Å². The van der Waals surface area contributed by atoms with Gasteiger partial charge in [0.15, 0.2) is 0 Å². The van der Waals surface area contributed by atoms with Gasteiger partial charge < -0.3 is 9.47 Å². The summed E-state index contributed by atoms with van der Waals surface area (Å²) in [6.45, 7) is 11.3. The van der Waals surface area contributed by atoms with Gasteiger partial charge in [0.25, 0.3) is 0 Å². The van der Waals surface area contributed by atoms with Crippen LogP contribution in [0.2, 0.25) is 0 Å². The Kier molecular flexibility index (Phi) is 4.52. The van der Waals surface area contributed by atoms with Crippen molar-refractivity contribution in [1.82, 2.24) is 0 Å². The van der Waals surface area contributed by atoms with Gasteiger partial charge in [0.05, 0.1) is 6.61 Å². The Morgan fingerprint density at radius 2 is 2.15 bits per heavy atom. The third-order valence-corrected chi connectivity index (χ3v) is 2.06. The van der Waals surface area contributed by atoms with E-state index in [1.165, 1.54) is 0 Å². The number of hydrogen-bond acceptors (Lipinski definition) is 3. The lowest BCUT2D eigenvalue weighted by molar-refractivity contribution is -0.0319. The van der Waals surface area contributed by atoms with E-state index in [1.807, 2.05) is 20.8 Å². The summed E-state index contributed by atoms with van der Waals surface area (Å²) in [6, 6.07) is 0. The first-order chi connectivity index (χ1) is 5.94. The number of ether oxygens (including phenoxy) is 2. The van der Waals surface area contributed by atoms with Crippen molar-refractivity contribution in [2.24, 2.45) is 5.92 Å². The lowest BCUT2D eigenvalue weighted by Crippen LogP contribution is -2.34. The van der Waals surface area contributed by atoms with Crippen LogP contribution in [0.5, 0.6) is 0 Å². The lowest BCUT2D eigenvalue weighted by atomic mass is 9.93. The summed E-state index contributed by atoms with van der Waals surface area (Å²) in [5, 5.41) is 0. The van der Waals surface area contributed by atoms with E-state index in [2.05, 4.69) is 11.3 Å². The van der Waals surface area contributed by atoms with Crippen LogP contribution >= 0.6 is 0 Å². The SMILES string of the molecule is C=CC(C)C(C)(C)OC(=O)OCC. The summed E-state index contributed by atoms with van der Waals surface area (Å²) in [7, 11) is 0. The van der Waals surface area contributed by atoms with Crippen LogP contribution in [-0.2, 0) is 9.47 Å². The Bertz CT molecular complexity index is 185. The van der Waals surface area contributed by atoms with Crippen LogP contribution in [0.1, 0.15) is 27.7 Å². The van der Waals surface area contributed by atoms with Crippen LogP contribution in [0.4, 0.5) is 4.79 Å². The third kappa shape index (κ3) is 3.97. The molecule has 0 heterocycles. The van der Waals surface area contributed by atoms with Crippen molar-refractivity contribution in [2.75, 3.05) is 6.61 Å². The van der Waals surface area contributed by atoms with Crippen LogP contribution in [-0.4, -0.2) is 18.4 Å². The second-order valence-corrected chi connectivity index (χ2v) is 3.41. The molecule has 0 aromatic rings. The van der Waals surface area contributed by atoms with Crippen molar-refractivity contribution in [1.29, 1.82) is 0 Å². The maximum atomic E-state index is 11.0. The van der Waals surface area contributed by atoms with Crippen molar-refractivity contribution in [2.45, 2.75) is 33.3 Å². The smallest absolute Gasteiger partial charge is 0.435 e. The maximum Gasteiger partial charge on any atom is 0.508 e. The summed E-state index contributed by atoms with van der Waals surface area (Å²) in [5.74, 6) is 0.0944. The monoisotopic (exact) mass is 186 g/mol. The zero-order chi connectivity index (χ0) is 10.5. The lowest BCUT2D eigenvalue weighted by Gasteiger charge is -2.28. The number of rotatable bonds is 4. The predicted molar refractivity (Wildman–Crippen MR) is 51.5 cm³/mol. The minimum atomic E-state index is -0.624. The fraction of sp³-hybridized carbons (Fsp3) is 0.700. The van der Waals surface area contributed by atoms with E-state index < -0.39 is 11.8 Å². The standard InChI is InChI=1S/C10H18O3/c1-6-8(3)10(4,5)13-9(11)12-7-2/h6,8H,1,7H2,2-5H3. The largest absolute Gasteiger partial charge is 0.508 e. The van der Waals surface area contributed by atoms with E-state index in [4.69, 9.17) is 4.74 Å². The summed E-state index contributed by atoms with van der Waals surface area (Å²) in [4.78, 5) is 11.0. The highest BCUT2D eigenvalue weighted by molar-refractivity contribution is 5.60. The molecular formula is C10H18O3. The molecule has 1 unspecified atom stereocenters.